The van der Waals surface area contributed by atoms with Crippen LogP contribution in [0, 0.1) is 5.92 Å². The molecule has 2 atom stereocenters. The number of nitrogens with zero attached hydrogens (tertiary/aromatic N) is 1. The molecule has 0 aromatic carbocycles. The van der Waals surface area contributed by atoms with Gasteiger partial charge in [0.15, 0.2) is 0 Å². The van der Waals surface area contributed by atoms with Gasteiger partial charge in [0.05, 0.1) is 0 Å². The molecule has 1 aliphatic heterocycles. The first-order valence-corrected chi connectivity index (χ1v) is 10.7. The van der Waals surface area contributed by atoms with Crippen LogP contribution in [0.15, 0.2) is 0 Å². The number of nitrogens with one attached hydrogen (secondary N) is 2. The number of carboxylic acid groups (broad SMARTS) is 1. The highest BCUT2D eigenvalue weighted by Crippen LogP contribution is 2.34. The Labute approximate surface area is 167 Å². The number of nitrogens with two attached hydrogens (primary N) is 1. The average molecular weight is 397 g/mol. The summed E-state index contributed by atoms with van der Waals surface area (Å²) in [5, 5.41) is 14.8. The zero-order valence-corrected chi connectivity index (χ0v) is 17.0. The molecule has 0 radical (unpaired) electrons. The maximum atomic E-state index is 13.3. The third-order valence-electron chi connectivity index (χ3n) is 6.18. The Kier molecular flexibility index (Phi) is 8.54. The molecule has 1 saturated heterocycles. The normalized spacial score (nSPS) is 21.0. The Morgan fingerprint density at radius 3 is 2.32 bits per heavy atom. The number of unbranched alkanes of at least 4 members (excludes halogenated alkanes) is 1. The van der Waals surface area contributed by atoms with E-state index in [0.717, 1.165) is 58.0 Å². The van der Waals surface area contributed by atoms with Gasteiger partial charge in [-0.1, -0.05) is 19.3 Å². The molecule has 2 rings (SSSR count). The van der Waals surface area contributed by atoms with E-state index in [1.807, 2.05) is 11.8 Å². The minimum Gasteiger partial charge on any atom is -0.480 e. The van der Waals surface area contributed by atoms with Crippen molar-refractivity contribution in [2.24, 2.45) is 11.7 Å². The molecule has 8 nitrogen and oxygen atoms in total. The van der Waals surface area contributed by atoms with Gasteiger partial charge in [-0.25, -0.2) is 9.59 Å². The van der Waals surface area contributed by atoms with Gasteiger partial charge in [0.25, 0.3) is 0 Å². The van der Waals surface area contributed by atoms with Crippen LogP contribution in [0.4, 0.5) is 4.79 Å². The van der Waals surface area contributed by atoms with E-state index in [2.05, 4.69) is 10.6 Å². The summed E-state index contributed by atoms with van der Waals surface area (Å²) < 4.78 is 0. The number of carbonyl (C=O) groups is 3. The van der Waals surface area contributed by atoms with Crippen molar-refractivity contribution in [3.8, 4) is 0 Å². The van der Waals surface area contributed by atoms with E-state index >= 15 is 0 Å². The number of aliphatic carboxylic acids is 1. The molecule has 28 heavy (non-hydrogen) atoms. The predicted octanol–water partition coefficient (Wildman–Crippen LogP) is 1.83. The molecule has 0 bridgehead atoms. The van der Waals surface area contributed by atoms with Crippen LogP contribution in [0.2, 0.25) is 0 Å². The lowest BCUT2D eigenvalue weighted by Crippen LogP contribution is -2.64. The molecule has 0 spiro atoms. The Morgan fingerprint density at radius 1 is 1.11 bits per heavy atom. The SMILES string of the molecule is CC(NC(=O)NC(CCCCN)C(=O)O)(C(=O)N1CCCC1)C1CCCCC1. The lowest BCUT2D eigenvalue weighted by molar-refractivity contribution is -0.139. The number of hydrogen-bond acceptors (Lipinski definition) is 4. The van der Waals surface area contributed by atoms with E-state index < -0.39 is 23.6 Å². The minimum atomic E-state index is -1.07. The lowest BCUT2D eigenvalue weighted by atomic mass is 9.74. The third-order valence-corrected chi connectivity index (χ3v) is 6.18. The molecule has 2 aliphatic rings. The van der Waals surface area contributed by atoms with Gasteiger partial charge in [0, 0.05) is 13.1 Å². The van der Waals surface area contributed by atoms with Crippen molar-refractivity contribution in [3.05, 3.63) is 0 Å². The number of carboxylic acids is 1. The average Bonchev–Trinajstić information content (AvgIpc) is 3.21. The number of amides is 3. The smallest absolute Gasteiger partial charge is 0.326 e. The van der Waals surface area contributed by atoms with Crippen LogP contribution in [0.5, 0.6) is 0 Å². The largest absolute Gasteiger partial charge is 0.480 e. The number of likely N-dealkylation sites (tertiary alicyclic amines) is 1. The fourth-order valence-electron chi connectivity index (χ4n) is 4.44. The van der Waals surface area contributed by atoms with Gasteiger partial charge in [-0.05, 0) is 64.3 Å². The van der Waals surface area contributed by atoms with E-state index in [1.54, 1.807) is 0 Å². The van der Waals surface area contributed by atoms with Crippen molar-refractivity contribution < 1.29 is 19.5 Å². The van der Waals surface area contributed by atoms with Crippen LogP contribution >= 0.6 is 0 Å². The molecule has 3 amide bonds. The highest BCUT2D eigenvalue weighted by molar-refractivity contribution is 5.92. The molecule has 160 valence electrons. The Morgan fingerprint density at radius 2 is 1.75 bits per heavy atom. The van der Waals surface area contributed by atoms with Crippen LogP contribution in [0.25, 0.3) is 0 Å². The summed E-state index contributed by atoms with van der Waals surface area (Å²) >= 11 is 0. The van der Waals surface area contributed by atoms with Gasteiger partial charge in [-0.2, -0.15) is 0 Å². The number of urea groups is 1. The first-order valence-electron chi connectivity index (χ1n) is 10.7. The number of carbonyl (C=O) groups excluding carboxylic acids is 2. The Bertz CT molecular complexity index is 544. The molecule has 2 fully saturated rings. The van der Waals surface area contributed by atoms with E-state index in [1.165, 1.54) is 0 Å². The van der Waals surface area contributed by atoms with Gasteiger partial charge >= 0.3 is 12.0 Å². The first kappa shape index (κ1) is 22.5. The van der Waals surface area contributed by atoms with Crippen molar-refractivity contribution in [1.82, 2.24) is 15.5 Å². The van der Waals surface area contributed by atoms with E-state index in [4.69, 9.17) is 5.73 Å². The Balaban J connectivity index is 2.08. The zero-order chi connectivity index (χ0) is 20.6. The zero-order valence-electron chi connectivity index (χ0n) is 17.0. The van der Waals surface area contributed by atoms with Crippen molar-refractivity contribution in [2.45, 2.75) is 82.7 Å². The quantitative estimate of drug-likeness (QED) is 0.443. The third kappa shape index (κ3) is 5.83. The fraction of sp³-hybridized carbons (Fsp3) is 0.850. The molecule has 1 heterocycles. The fourth-order valence-corrected chi connectivity index (χ4v) is 4.44. The lowest BCUT2D eigenvalue weighted by Gasteiger charge is -2.41. The van der Waals surface area contributed by atoms with Crippen molar-refractivity contribution >= 4 is 17.9 Å². The summed E-state index contributed by atoms with van der Waals surface area (Å²) in [5.74, 6) is -1.04. The second-order valence-corrected chi connectivity index (χ2v) is 8.31. The second-order valence-electron chi connectivity index (χ2n) is 8.31. The van der Waals surface area contributed by atoms with Crippen LogP contribution in [0.3, 0.4) is 0 Å². The van der Waals surface area contributed by atoms with Gasteiger partial charge < -0.3 is 26.4 Å². The van der Waals surface area contributed by atoms with E-state index in [0.29, 0.717) is 25.8 Å². The van der Waals surface area contributed by atoms with Crippen LogP contribution in [-0.4, -0.2) is 59.1 Å². The highest BCUT2D eigenvalue weighted by Gasteiger charge is 2.45. The Hall–Kier alpha value is -1.83. The molecule has 8 heteroatoms. The topological polar surface area (TPSA) is 125 Å². The van der Waals surface area contributed by atoms with Crippen molar-refractivity contribution in [1.29, 1.82) is 0 Å². The molecule has 0 aromatic rings. The highest BCUT2D eigenvalue weighted by atomic mass is 16.4. The van der Waals surface area contributed by atoms with Crippen LogP contribution < -0.4 is 16.4 Å². The minimum absolute atomic E-state index is 0.0398. The van der Waals surface area contributed by atoms with Gasteiger partial charge in [0.2, 0.25) is 5.91 Å². The molecular formula is C20H36N4O4. The number of rotatable bonds is 9. The molecule has 2 unspecified atom stereocenters. The van der Waals surface area contributed by atoms with Crippen LogP contribution in [0.1, 0.15) is 71.1 Å². The van der Waals surface area contributed by atoms with Crippen LogP contribution in [-0.2, 0) is 9.59 Å². The first-order chi connectivity index (χ1) is 13.4. The predicted molar refractivity (Wildman–Crippen MR) is 107 cm³/mol. The maximum Gasteiger partial charge on any atom is 0.326 e. The van der Waals surface area contributed by atoms with E-state index in [-0.39, 0.29) is 11.8 Å². The monoisotopic (exact) mass is 396 g/mol. The molecule has 1 saturated carbocycles. The standard InChI is InChI=1S/C20H36N4O4/c1-20(15-9-3-2-4-10-15,18(27)24-13-7-8-14-24)23-19(28)22-16(17(25)26)11-5-6-12-21/h15-16H,2-14,21H2,1H3,(H,25,26)(H2,22,23,28). The summed E-state index contributed by atoms with van der Waals surface area (Å²) in [6.45, 7) is 3.75. The maximum absolute atomic E-state index is 13.3. The van der Waals surface area contributed by atoms with E-state index in [9.17, 15) is 19.5 Å². The summed E-state index contributed by atoms with van der Waals surface area (Å²) in [7, 11) is 0. The summed E-state index contributed by atoms with van der Waals surface area (Å²) in [6, 6.07) is -1.56. The summed E-state index contributed by atoms with van der Waals surface area (Å²) in [6.07, 6.45) is 8.67. The van der Waals surface area contributed by atoms with Crippen molar-refractivity contribution in [3.63, 3.8) is 0 Å². The van der Waals surface area contributed by atoms with Gasteiger partial charge in [-0.3, -0.25) is 4.79 Å². The van der Waals surface area contributed by atoms with Gasteiger partial charge in [-0.15, -0.1) is 0 Å². The van der Waals surface area contributed by atoms with Gasteiger partial charge in [0.1, 0.15) is 11.6 Å². The van der Waals surface area contributed by atoms with Crippen molar-refractivity contribution in [2.75, 3.05) is 19.6 Å². The molecule has 5 N–H and O–H groups in total. The molecular weight excluding hydrogens is 360 g/mol. The summed E-state index contributed by atoms with van der Waals surface area (Å²) in [5.41, 5.74) is 4.46. The number of hydrogen-bond donors (Lipinski definition) is 4. The molecule has 0 aromatic heterocycles. The molecule has 1 aliphatic carbocycles. The second kappa shape index (κ2) is 10.6. The summed E-state index contributed by atoms with van der Waals surface area (Å²) in [4.78, 5) is 39.3.